The topological polar surface area (TPSA) is 72.7 Å². The largest absolute Gasteiger partial charge is 0.475 e. The van der Waals surface area contributed by atoms with E-state index in [1.807, 2.05) is 36.4 Å². The summed E-state index contributed by atoms with van der Waals surface area (Å²) in [6.45, 7) is 6.50. The van der Waals surface area contributed by atoms with Crippen molar-refractivity contribution in [2.45, 2.75) is 56.1 Å². The molecule has 0 N–H and O–H groups in total. The summed E-state index contributed by atoms with van der Waals surface area (Å²) in [7, 11) is 0. The number of aromatic nitrogens is 1. The van der Waals surface area contributed by atoms with E-state index >= 15 is 4.39 Å². The van der Waals surface area contributed by atoms with Gasteiger partial charge in [0.2, 0.25) is 5.88 Å². The van der Waals surface area contributed by atoms with Gasteiger partial charge in [0.05, 0.1) is 41.4 Å². The van der Waals surface area contributed by atoms with Crippen LogP contribution < -0.4 is 9.64 Å². The summed E-state index contributed by atoms with van der Waals surface area (Å²) in [6, 6.07) is 16.9. The lowest BCUT2D eigenvalue weighted by molar-refractivity contribution is -0.130. The Hall–Kier alpha value is -4.26. The third kappa shape index (κ3) is 4.68. The van der Waals surface area contributed by atoms with Crippen molar-refractivity contribution in [2.24, 2.45) is 0 Å². The second-order valence-electron chi connectivity index (χ2n) is 13.2. The number of nitriles is 1. The molecule has 1 unspecified atom stereocenters. The van der Waals surface area contributed by atoms with Crippen LogP contribution in [0, 0.1) is 17.1 Å². The van der Waals surface area contributed by atoms with E-state index in [1.54, 1.807) is 12.1 Å². The number of halogens is 3. The monoisotopic (exact) mass is 653 g/mol. The summed E-state index contributed by atoms with van der Waals surface area (Å²) in [5.74, 6) is -1.91. The van der Waals surface area contributed by atoms with Crippen molar-refractivity contribution in [3.05, 3.63) is 77.3 Å². The maximum absolute atomic E-state index is 17.0. The lowest BCUT2D eigenvalue weighted by Crippen LogP contribution is -2.63. The van der Waals surface area contributed by atoms with Crippen LogP contribution in [0.2, 0.25) is 5.02 Å². The quantitative estimate of drug-likeness (QED) is 0.197. The summed E-state index contributed by atoms with van der Waals surface area (Å²) in [4.78, 5) is 23.5. The van der Waals surface area contributed by atoms with Crippen LogP contribution in [-0.2, 0) is 11.2 Å². The average molecular weight is 654 g/mol. The molecule has 4 aliphatic heterocycles. The van der Waals surface area contributed by atoms with Crippen LogP contribution in [0.3, 0.4) is 0 Å². The van der Waals surface area contributed by atoms with Crippen LogP contribution in [0.1, 0.15) is 37.7 Å². The third-order valence-electron chi connectivity index (χ3n) is 10.9. The first kappa shape index (κ1) is 30.1. The molecule has 47 heavy (non-hydrogen) atoms. The maximum Gasteiger partial charge on any atom is 0.282 e. The zero-order chi connectivity index (χ0) is 32.4. The van der Waals surface area contributed by atoms with Crippen LogP contribution in [-0.4, -0.2) is 71.1 Å². The van der Waals surface area contributed by atoms with Gasteiger partial charge in [-0.2, -0.15) is 5.26 Å². The van der Waals surface area contributed by atoms with E-state index in [0.717, 1.165) is 49.5 Å². The van der Waals surface area contributed by atoms with Crippen LogP contribution in [0.5, 0.6) is 5.88 Å². The highest BCUT2D eigenvalue weighted by Gasteiger charge is 2.51. The molecule has 0 spiro atoms. The average Bonchev–Trinajstić information content (AvgIpc) is 3.73. The Morgan fingerprint density at radius 1 is 1.09 bits per heavy atom. The number of amides is 1. The predicted octanol–water partition coefficient (Wildman–Crippen LogP) is 7.19. The fourth-order valence-corrected chi connectivity index (χ4v) is 8.94. The van der Waals surface area contributed by atoms with Crippen molar-refractivity contribution in [1.82, 2.24) is 14.8 Å². The third-order valence-corrected chi connectivity index (χ3v) is 11.2. The fourth-order valence-electron chi connectivity index (χ4n) is 8.66. The molecule has 4 aromatic rings. The van der Waals surface area contributed by atoms with Gasteiger partial charge in [-0.3, -0.25) is 9.69 Å². The van der Waals surface area contributed by atoms with Crippen molar-refractivity contribution in [3.8, 4) is 23.1 Å². The Balaban J connectivity index is 1.28. The molecule has 0 radical (unpaired) electrons. The SMILES string of the molecule is C=C(F)C(=O)N1CCC2[C@H]1CN2c1c(CC#N)c(OCC23CCCN2CCC3)nc2c(F)c(-c3cccc4cccc(Cl)c34)ccc12. The van der Waals surface area contributed by atoms with E-state index in [9.17, 15) is 14.4 Å². The fraction of sp³-hybridized carbons (Fsp3) is 0.378. The van der Waals surface area contributed by atoms with Gasteiger partial charge < -0.3 is 14.5 Å². The van der Waals surface area contributed by atoms with Gasteiger partial charge >= 0.3 is 0 Å². The Kier molecular flexibility index (Phi) is 7.34. The molecule has 8 rings (SSSR count). The molecule has 2 atom stereocenters. The highest BCUT2D eigenvalue weighted by atomic mass is 35.5. The van der Waals surface area contributed by atoms with E-state index in [2.05, 4.69) is 22.4 Å². The molecule has 10 heteroatoms. The first-order chi connectivity index (χ1) is 22.8. The minimum Gasteiger partial charge on any atom is -0.475 e. The van der Waals surface area contributed by atoms with Gasteiger partial charge in [-0.15, -0.1) is 0 Å². The number of pyridine rings is 1. The highest BCUT2D eigenvalue weighted by Crippen LogP contribution is 2.47. The van der Waals surface area contributed by atoms with E-state index in [0.29, 0.717) is 58.9 Å². The molecule has 4 aliphatic rings. The Morgan fingerprint density at radius 3 is 2.60 bits per heavy atom. The second-order valence-corrected chi connectivity index (χ2v) is 13.6. The van der Waals surface area contributed by atoms with Gasteiger partial charge in [-0.1, -0.05) is 54.6 Å². The van der Waals surface area contributed by atoms with Gasteiger partial charge in [-0.05, 0) is 68.3 Å². The van der Waals surface area contributed by atoms with Crippen LogP contribution >= 0.6 is 11.6 Å². The summed E-state index contributed by atoms with van der Waals surface area (Å²) in [5.41, 5.74) is 2.39. The summed E-state index contributed by atoms with van der Waals surface area (Å²) < 4.78 is 37.4. The molecule has 0 aliphatic carbocycles. The summed E-state index contributed by atoms with van der Waals surface area (Å²) in [5, 5.41) is 12.8. The molecule has 7 nitrogen and oxygen atoms in total. The smallest absolute Gasteiger partial charge is 0.282 e. The number of carbonyl (C=O) groups is 1. The lowest BCUT2D eigenvalue weighted by Gasteiger charge is -2.49. The molecule has 240 valence electrons. The Bertz CT molecular complexity index is 2000. The number of carbonyl (C=O) groups excluding carboxylic acids is 1. The molecule has 5 heterocycles. The summed E-state index contributed by atoms with van der Waals surface area (Å²) in [6.07, 6.45) is 4.90. The molecule has 0 bridgehead atoms. The molecule has 1 amide bonds. The molecule has 0 saturated carbocycles. The van der Waals surface area contributed by atoms with Crippen molar-refractivity contribution < 1.29 is 18.3 Å². The van der Waals surface area contributed by atoms with Crippen LogP contribution in [0.4, 0.5) is 14.5 Å². The van der Waals surface area contributed by atoms with Crippen molar-refractivity contribution in [1.29, 1.82) is 5.26 Å². The summed E-state index contributed by atoms with van der Waals surface area (Å²) >= 11 is 6.65. The van der Waals surface area contributed by atoms with Gasteiger partial charge in [0.1, 0.15) is 12.1 Å². The zero-order valence-electron chi connectivity index (χ0n) is 25.9. The minimum atomic E-state index is -0.977. The first-order valence-corrected chi connectivity index (χ1v) is 16.7. The predicted molar refractivity (Wildman–Crippen MR) is 179 cm³/mol. The van der Waals surface area contributed by atoms with Crippen molar-refractivity contribution >= 4 is 44.9 Å². The number of ether oxygens (including phenoxy) is 1. The van der Waals surface area contributed by atoms with Crippen LogP contribution in [0.15, 0.2) is 60.9 Å². The van der Waals surface area contributed by atoms with Gasteiger partial charge in [0.15, 0.2) is 11.6 Å². The second kappa shape index (κ2) is 11.5. The molecule has 4 fully saturated rings. The van der Waals surface area contributed by atoms with Gasteiger partial charge in [0.25, 0.3) is 5.91 Å². The van der Waals surface area contributed by atoms with E-state index in [-0.39, 0.29) is 35.4 Å². The minimum absolute atomic E-state index is 0.0183. The van der Waals surface area contributed by atoms with E-state index in [1.165, 1.54) is 4.90 Å². The maximum atomic E-state index is 17.0. The number of rotatable bonds is 7. The van der Waals surface area contributed by atoms with Crippen molar-refractivity contribution in [3.63, 3.8) is 0 Å². The normalized spacial score (nSPS) is 21.5. The molecular weight excluding hydrogens is 620 g/mol. The number of fused-ring (bicyclic) bond motifs is 4. The number of hydrogen-bond donors (Lipinski definition) is 0. The number of likely N-dealkylation sites (tertiary alicyclic amines) is 1. The highest BCUT2D eigenvalue weighted by molar-refractivity contribution is 6.36. The number of nitrogens with zero attached hydrogens (tertiary/aromatic N) is 5. The lowest BCUT2D eigenvalue weighted by atomic mass is 9.91. The number of hydrogen-bond acceptors (Lipinski definition) is 6. The zero-order valence-corrected chi connectivity index (χ0v) is 26.7. The van der Waals surface area contributed by atoms with E-state index < -0.39 is 17.6 Å². The van der Waals surface area contributed by atoms with Crippen molar-refractivity contribution in [2.75, 3.05) is 37.7 Å². The van der Waals surface area contributed by atoms with E-state index in [4.69, 9.17) is 21.3 Å². The standard InChI is InChI=1S/C37H34ClF2N5O2/c1-22(39)36(46)44-19-13-29-30(44)20-45(29)34-26-11-10-25(24-8-2-6-23-7-3-9-28(38)31(23)24)32(40)33(26)42-35(27(34)12-16-41)47-21-37-14-4-17-43(37)18-5-15-37/h2-3,6-11,29-30H,1,4-5,12-15,17-21H2/t29?,30-/m1/s1. The molecule has 1 aromatic heterocycles. The Morgan fingerprint density at radius 2 is 1.85 bits per heavy atom. The first-order valence-electron chi connectivity index (χ1n) is 16.3. The number of benzene rings is 3. The molecule has 3 aromatic carbocycles. The molecule has 4 saturated heterocycles. The molecular formula is C37H34ClF2N5O2. The Labute approximate surface area is 277 Å². The van der Waals surface area contributed by atoms with Gasteiger partial charge in [0, 0.05) is 34.4 Å². The number of anilines is 1. The van der Waals surface area contributed by atoms with Gasteiger partial charge in [-0.25, -0.2) is 13.8 Å². The van der Waals surface area contributed by atoms with Crippen LogP contribution in [0.25, 0.3) is 32.8 Å².